The van der Waals surface area contributed by atoms with Crippen LogP contribution >= 0.6 is 28.1 Å². The second kappa shape index (κ2) is 9.76. The summed E-state index contributed by atoms with van der Waals surface area (Å²) in [4.78, 5) is 4.05. The number of nitrogens with one attached hydrogen (secondary N) is 2. The summed E-state index contributed by atoms with van der Waals surface area (Å²) in [5, 5.41) is 7.15. The second-order valence-corrected chi connectivity index (χ2v) is 7.87. The van der Waals surface area contributed by atoms with Crippen LogP contribution in [0.2, 0.25) is 0 Å². The van der Waals surface area contributed by atoms with E-state index in [0.29, 0.717) is 35.2 Å². The summed E-state index contributed by atoms with van der Waals surface area (Å²) >= 11 is 9.02. The van der Waals surface area contributed by atoms with E-state index in [1.54, 1.807) is 24.2 Å². The van der Waals surface area contributed by atoms with Crippen LogP contribution in [-0.4, -0.2) is 27.0 Å². The summed E-state index contributed by atoms with van der Waals surface area (Å²) in [6.07, 6.45) is 3.43. The average molecular weight is 498 g/mol. The summed E-state index contributed by atoms with van der Waals surface area (Å²) in [5.74, 6) is 2.00. The number of halogens is 1. The number of hydrogen-bond acceptors (Lipinski definition) is 6. The molecule has 9 heteroatoms. The van der Waals surface area contributed by atoms with Gasteiger partial charge in [-0.25, -0.2) is 9.77 Å². The molecule has 0 saturated carbocycles. The second-order valence-electron chi connectivity index (χ2n) is 6.63. The lowest BCUT2D eigenvalue weighted by molar-refractivity contribution is 0.284. The standard InChI is InChI=1S/C22H20BrN5O2S/c1-29-19-11-17(18(23)12-20(19)30-14-15-5-3-2-4-6-15)13-25-28-21(26-27-22(28)31)16-7-9-24-10-8-16/h2-12,25H,13-14H2,1H3,(H,27,31). The Kier molecular flexibility index (Phi) is 6.63. The zero-order valence-electron chi connectivity index (χ0n) is 16.7. The fourth-order valence-electron chi connectivity index (χ4n) is 3.02. The summed E-state index contributed by atoms with van der Waals surface area (Å²) in [5.41, 5.74) is 6.28. The molecule has 4 aromatic rings. The van der Waals surface area contributed by atoms with Gasteiger partial charge in [0.1, 0.15) is 6.61 Å². The van der Waals surface area contributed by atoms with Crippen LogP contribution in [0.1, 0.15) is 11.1 Å². The number of aromatic nitrogens is 4. The van der Waals surface area contributed by atoms with Gasteiger partial charge in [-0.1, -0.05) is 46.3 Å². The normalized spacial score (nSPS) is 10.6. The lowest BCUT2D eigenvalue weighted by Crippen LogP contribution is -2.16. The third-order valence-corrected chi connectivity index (χ3v) is 5.62. The molecule has 0 aliphatic carbocycles. The predicted molar refractivity (Wildman–Crippen MR) is 125 cm³/mol. The van der Waals surface area contributed by atoms with Crippen molar-refractivity contribution in [1.82, 2.24) is 19.9 Å². The minimum atomic E-state index is 0.459. The van der Waals surface area contributed by atoms with Gasteiger partial charge in [-0.2, -0.15) is 5.10 Å². The number of benzene rings is 2. The summed E-state index contributed by atoms with van der Waals surface area (Å²) in [7, 11) is 1.63. The van der Waals surface area contributed by atoms with Gasteiger partial charge < -0.3 is 14.9 Å². The first kappa shape index (κ1) is 21.1. The Labute approximate surface area is 193 Å². The number of pyridine rings is 1. The molecule has 7 nitrogen and oxygen atoms in total. The van der Waals surface area contributed by atoms with Crippen LogP contribution in [0.5, 0.6) is 11.5 Å². The highest BCUT2D eigenvalue weighted by Crippen LogP contribution is 2.34. The quantitative estimate of drug-likeness (QED) is 0.330. The molecule has 0 radical (unpaired) electrons. The lowest BCUT2D eigenvalue weighted by atomic mass is 10.2. The number of aromatic amines is 1. The van der Waals surface area contributed by atoms with Crippen LogP contribution in [0.3, 0.4) is 0 Å². The minimum Gasteiger partial charge on any atom is -0.493 e. The zero-order valence-corrected chi connectivity index (χ0v) is 19.1. The van der Waals surface area contributed by atoms with Crippen LogP contribution in [0.25, 0.3) is 11.4 Å². The van der Waals surface area contributed by atoms with Crippen LogP contribution in [-0.2, 0) is 13.2 Å². The Morgan fingerprint density at radius 3 is 2.61 bits per heavy atom. The smallest absolute Gasteiger partial charge is 0.214 e. The molecule has 0 atom stereocenters. The van der Waals surface area contributed by atoms with E-state index >= 15 is 0 Å². The van der Waals surface area contributed by atoms with E-state index in [1.165, 1.54) is 0 Å². The molecule has 2 aromatic carbocycles. The molecular weight excluding hydrogens is 478 g/mol. The monoisotopic (exact) mass is 497 g/mol. The molecule has 158 valence electrons. The number of rotatable bonds is 8. The van der Waals surface area contributed by atoms with Crippen molar-refractivity contribution in [3.63, 3.8) is 0 Å². The molecule has 31 heavy (non-hydrogen) atoms. The summed E-state index contributed by atoms with van der Waals surface area (Å²) in [6.45, 7) is 0.947. The van der Waals surface area contributed by atoms with Crippen LogP contribution < -0.4 is 14.9 Å². The molecule has 0 aliphatic rings. The molecule has 2 heterocycles. The van der Waals surface area contributed by atoms with E-state index in [-0.39, 0.29) is 0 Å². The minimum absolute atomic E-state index is 0.459. The largest absolute Gasteiger partial charge is 0.493 e. The molecule has 0 spiro atoms. The molecular formula is C22H20BrN5O2S. The third-order valence-electron chi connectivity index (χ3n) is 4.61. The first-order chi connectivity index (χ1) is 15.2. The molecule has 0 unspecified atom stereocenters. The number of methoxy groups -OCH3 is 1. The van der Waals surface area contributed by atoms with Crippen LogP contribution in [0.4, 0.5) is 0 Å². The Hall–Kier alpha value is -3.17. The molecule has 0 aliphatic heterocycles. The number of H-pyrrole nitrogens is 1. The maximum Gasteiger partial charge on any atom is 0.214 e. The first-order valence-corrected chi connectivity index (χ1v) is 10.7. The Morgan fingerprint density at radius 2 is 1.87 bits per heavy atom. The van der Waals surface area contributed by atoms with Crippen molar-refractivity contribution in [3.8, 4) is 22.9 Å². The number of hydrogen-bond donors (Lipinski definition) is 2. The Balaban J connectivity index is 1.52. The van der Waals surface area contributed by atoms with Gasteiger partial charge in [0.25, 0.3) is 0 Å². The maximum absolute atomic E-state index is 5.98. The van der Waals surface area contributed by atoms with Gasteiger partial charge in [-0.05, 0) is 47.6 Å². The highest BCUT2D eigenvalue weighted by molar-refractivity contribution is 9.10. The molecule has 0 bridgehead atoms. The topological polar surface area (TPSA) is 77.0 Å². The maximum atomic E-state index is 5.98. The van der Waals surface area contributed by atoms with E-state index in [1.807, 2.05) is 54.6 Å². The predicted octanol–water partition coefficient (Wildman–Crippen LogP) is 5.10. The van der Waals surface area contributed by atoms with E-state index in [9.17, 15) is 0 Å². The van der Waals surface area contributed by atoms with Gasteiger partial charge in [0, 0.05) is 22.4 Å². The summed E-state index contributed by atoms with van der Waals surface area (Å²) in [6, 6.07) is 17.6. The molecule has 2 aromatic heterocycles. The van der Waals surface area contributed by atoms with Gasteiger partial charge in [-0.3, -0.25) is 4.98 Å². The van der Waals surface area contributed by atoms with Gasteiger partial charge in [-0.15, -0.1) is 0 Å². The van der Waals surface area contributed by atoms with Crippen molar-refractivity contribution in [3.05, 3.63) is 87.4 Å². The van der Waals surface area contributed by atoms with Crippen molar-refractivity contribution in [2.45, 2.75) is 13.2 Å². The third kappa shape index (κ3) is 4.95. The van der Waals surface area contributed by atoms with Crippen molar-refractivity contribution >= 4 is 28.1 Å². The van der Waals surface area contributed by atoms with Gasteiger partial charge in [0.15, 0.2) is 17.3 Å². The molecule has 2 N–H and O–H groups in total. The van der Waals surface area contributed by atoms with Crippen LogP contribution in [0, 0.1) is 4.77 Å². The lowest BCUT2D eigenvalue weighted by Gasteiger charge is -2.15. The Morgan fingerprint density at radius 1 is 1.10 bits per heavy atom. The van der Waals surface area contributed by atoms with Gasteiger partial charge in [0.05, 0.1) is 13.7 Å². The molecule has 0 fully saturated rings. The van der Waals surface area contributed by atoms with Crippen molar-refractivity contribution in [2.75, 3.05) is 12.5 Å². The van der Waals surface area contributed by atoms with E-state index in [2.05, 4.69) is 36.5 Å². The van der Waals surface area contributed by atoms with Crippen molar-refractivity contribution in [2.24, 2.45) is 0 Å². The fourth-order valence-corrected chi connectivity index (χ4v) is 3.68. The zero-order chi connectivity index (χ0) is 21.6. The van der Waals surface area contributed by atoms with E-state index in [4.69, 9.17) is 21.7 Å². The Bertz CT molecular complexity index is 1210. The number of ether oxygens (including phenoxy) is 2. The van der Waals surface area contributed by atoms with Crippen molar-refractivity contribution < 1.29 is 9.47 Å². The highest BCUT2D eigenvalue weighted by atomic mass is 79.9. The van der Waals surface area contributed by atoms with E-state index in [0.717, 1.165) is 21.2 Å². The average Bonchev–Trinajstić information content (AvgIpc) is 3.18. The fraction of sp³-hybridized carbons (Fsp3) is 0.136. The highest BCUT2D eigenvalue weighted by Gasteiger charge is 2.13. The van der Waals surface area contributed by atoms with E-state index < -0.39 is 0 Å². The SMILES string of the molecule is COc1cc(CNn2c(-c3ccncc3)n[nH]c2=S)c(Br)cc1OCc1ccccc1. The molecule has 4 rings (SSSR count). The van der Waals surface area contributed by atoms with Gasteiger partial charge >= 0.3 is 0 Å². The molecule has 0 saturated heterocycles. The van der Waals surface area contributed by atoms with Gasteiger partial charge in [0.2, 0.25) is 4.77 Å². The molecule has 0 amide bonds. The summed E-state index contributed by atoms with van der Waals surface area (Å²) < 4.78 is 14.6. The number of nitrogens with zero attached hydrogens (tertiary/aromatic N) is 3. The van der Waals surface area contributed by atoms with Crippen LogP contribution in [0.15, 0.2) is 71.5 Å². The first-order valence-electron chi connectivity index (χ1n) is 9.50. The van der Waals surface area contributed by atoms with Crippen molar-refractivity contribution in [1.29, 1.82) is 0 Å².